The topological polar surface area (TPSA) is 49.7 Å². The first-order valence-electron chi connectivity index (χ1n) is 10.2. The smallest absolute Gasteiger partial charge is 0.317 e. The molecule has 2 heterocycles. The molecule has 1 aliphatic rings. The van der Waals surface area contributed by atoms with E-state index in [0.29, 0.717) is 19.6 Å². The van der Waals surface area contributed by atoms with E-state index >= 15 is 0 Å². The number of nitrogens with zero attached hydrogens (tertiary/aromatic N) is 3. The highest BCUT2D eigenvalue weighted by atomic mass is 16.5. The summed E-state index contributed by atoms with van der Waals surface area (Å²) in [6.07, 6.45) is 3.02. The van der Waals surface area contributed by atoms with Gasteiger partial charge in [-0.3, -0.25) is 0 Å². The minimum Gasteiger partial charge on any atom is -0.495 e. The number of ether oxygens (including phenoxy) is 1. The van der Waals surface area contributed by atoms with Gasteiger partial charge in [-0.2, -0.15) is 0 Å². The highest BCUT2D eigenvalue weighted by molar-refractivity contribution is 5.79. The molecule has 6 heteroatoms. The SMILES string of the molecule is COc1ccccc1N1CCN(C(=O)NCCCn2ccc3ccccc32)CC1. The number of amides is 2. The molecule has 2 amide bonds. The van der Waals surface area contributed by atoms with Gasteiger partial charge in [-0.1, -0.05) is 30.3 Å². The van der Waals surface area contributed by atoms with E-state index in [1.165, 1.54) is 10.9 Å². The van der Waals surface area contributed by atoms with E-state index in [4.69, 9.17) is 4.74 Å². The first-order valence-corrected chi connectivity index (χ1v) is 10.2. The van der Waals surface area contributed by atoms with Crippen LogP contribution in [0.3, 0.4) is 0 Å². The largest absolute Gasteiger partial charge is 0.495 e. The fraction of sp³-hybridized carbons (Fsp3) is 0.348. The summed E-state index contributed by atoms with van der Waals surface area (Å²) >= 11 is 0. The predicted octanol–water partition coefficient (Wildman–Crippen LogP) is 3.57. The van der Waals surface area contributed by atoms with E-state index < -0.39 is 0 Å². The molecule has 152 valence electrons. The molecule has 1 saturated heterocycles. The minimum atomic E-state index is 0.0297. The molecule has 1 aliphatic heterocycles. The second kappa shape index (κ2) is 8.90. The summed E-state index contributed by atoms with van der Waals surface area (Å²) in [5.74, 6) is 0.878. The van der Waals surface area contributed by atoms with Gasteiger partial charge in [-0.05, 0) is 36.1 Å². The Labute approximate surface area is 171 Å². The van der Waals surface area contributed by atoms with E-state index in [1.54, 1.807) is 7.11 Å². The predicted molar refractivity (Wildman–Crippen MR) is 117 cm³/mol. The van der Waals surface area contributed by atoms with Crippen molar-refractivity contribution in [3.05, 3.63) is 60.8 Å². The fourth-order valence-corrected chi connectivity index (χ4v) is 3.93. The van der Waals surface area contributed by atoms with Gasteiger partial charge < -0.3 is 24.4 Å². The Morgan fingerprint density at radius 1 is 1.00 bits per heavy atom. The Morgan fingerprint density at radius 3 is 2.59 bits per heavy atom. The summed E-state index contributed by atoms with van der Waals surface area (Å²) in [5, 5.41) is 4.32. The maximum absolute atomic E-state index is 12.5. The van der Waals surface area contributed by atoms with Crippen molar-refractivity contribution in [2.75, 3.05) is 44.7 Å². The van der Waals surface area contributed by atoms with Crippen LogP contribution in [0.4, 0.5) is 10.5 Å². The number of piperazine rings is 1. The third-order valence-corrected chi connectivity index (χ3v) is 5.52. The lowest BCUT2D eigenvalue weighted by Crippen LogP contribution is -2.52. The molecule has 1 N–H and O–H groups in total. The number of carbonyl (C=O) groups is 1. The maximum Gasteiger partial charge on any atom is 0.317 e. The third-order valence-electron chi connectivity index (χ3n) is 5.52. The number of fused-ring (bicyclic) bond motifs is 1. The number of rotatable bonds is 6. The minimum absolute atomic E-state index is 0.0297. The molecule has 0 bridgehead atoms. The van der Waals surface area contributed by atoms with Crippen LogP contribution in [0.15, 0.2) is 60.8 Å². The number of nitrogens with one attached hydrogen (secondary N) is 1. The summed E-state index contributed by atoms with van der Waals surface area (Å²) in [7, 11) is 1.69. The Kier molecular flexibility index (Phi) is 5.89. The number of hydrogen-bond acceptors (Lipinski definition) is 3. The lowest BCUT2D eigenvalue weighted by molar-refractivity contribution is 0.194. The standard InChI is InChI=1S/C23H28N4O2/c1-29-22-10-5-4-9-21(22)26-15-17-27(18-16-26)23(28)24-12-6-13-25-14-11-19-7-2-3-8-20(19)25/h2-5,7-11,14H,6,12-13,15-18H2,1H3,(H,24,28). The number of carbonyl (C=O) groups excluding carboxylic acids is 1. The average molecular weight is 393 g/mol. The van der Waals surface area contributed by atoms with E-state index in [1.807, 2.05) is 23.1 Å². The second-order valence-corrected chi connectivity index (χ2v) is 7.30. The van der Waals surface area contributed by atoms with Crippen LogP contribution in [-0.4, -0.2) is 55.3 Å². The van der Waals surface area contributed by atoms with Gasteiger partial charge >= 0.3 is 6.03 Å². The summed E-state index contributed by atoms with van der Waals surface area (Å²) in [6, 6.07) is 18.6. The molecular formula is C23H28N4O2. The van der Waals surface area contributed by atoms with Crippen LogP contribution >= 0.6 is 0 Å². The molecule has 0 saturated carbocycles. The van der Waals surface area contributed by atoms with Gasteiger partial charge in [0.05, 0.1) is 12.8 Å². The summed E-state index contributed by atoms with van der Waals surface area (Å²) < 4.78 is 7.70. The van der Waals surface area contributed by atoms with Crippen LogP contribution < -0.4 is 15.0 Å². The maximum atomic E-state index is 12.5. The van der Waals surface area contributed by atoms with Crippen molar-refractivity contribution in [3.63, 3.8) is 0 Å². The molecule has 6 nitrogen and oxygen atoms in total. The number of benzene rings is 2. The molecule has 0 unspecified atom stereocenters. The molecule has 4 rings (SSSR count). The summed E-state index contributed by atoms with van der Waals surface area (Å²) in [6.45, 7) is 4.62. The molecule has 0 radical (unpaired) electrons. The van der Waals surface area contributed by atoms with Crippen molar-refractivity contribution in [2.45, 2.75) is 13.0 Å². The fourth-order valence-electron chi connectivity index (χ4n) is 3.93. The lowest BCUT2D eigenvalue weighted by Gasteiger charge is -2.36. The van der Waals surface area contributed by atoms with Crippen molar-refractivity contribution in [1.82, 2.24) is 14.8 Å². The summed E-state index contributed by atoms with van der Waals surface area (Å²) in [5.41, 5.74) is 2.33. The van der Waals surface area contributed by atoms with Crippen molar-refractivity contribution < 1.29 is 9.53 Å². The normalized spacial score (nSPS) is 14.2. The highest BCUT2D eigenvalue weighted by Gasteiger charge is 2.22. The molecule has 3 aromatic rings. The van der Waals surface area contributed by atoms with E-state index in [0.717, 1.165) is 37.5 Å². The molecular weight excluding hydrogens is 364 g/mol. The monoisotopic (exact) mass is 392 g/mol. The van der Waals surface area contributed by atoms with Crippen LogP contribution in [0.1, 0.15) is 6.42 Å². The first-order chi connectivity index (χ1) is 14.3. The molecule has 0 spiro atoms. The molecule has 1 aromatic heterocycles. The Bertz CT molecular complexity index is 960. The highest BCUT2D eigenvalue weighted by Crippen LogP contribution is 2.28. The zero-order valence-corrected chi connectivity index (χ0v) is 16.9. The Balaban J connectivity index is 1.22. The van der Waals surface area contributed by atoms with Gasteiger partial charge in [0.2, 0.25) is 0 Å². The number of aromatic nitrogens is 1. The summed E-state index contributed by atoms with van der Waals surface area (Å²) in [4.78, 5) is 16.7. The van der Waals surface area contributed by atoms with Gasteiger partial charge in [0, 0.05) is 51.0 Å². The average Bonchev–Trinajstić information content (AvgIpc) is 3.20. The van der Waals surface area contributed by atoms with Crippen LogP contribution in [0.2, 0.25) is 0 Å². The molecule has 0 atom stereocenters. The Hall–Kier alpha value is -3.15. The van der Waals surface area contributed by atoms with Gasteiger partial charge in [0.15, 0.2) is 0 Å². The number of anilines is 1. The van der Waals surface area contributed by atoms with Crippen molar-refractivity contribution in [1.29, 1.82) is 0 Å². The van der Waals surface area contributed by atoms with Crippen LogP contribution in [-0.2, 0) is 6.54 Å². The number of aryl methyl sites for hydroxylation is 1. The van der Waals surface area contributed by atoms with Crippen molar-refractivity contribution in [2.24, 2.45) is 0 Å². The van der Waals surface area contributed by atoms with E-state index in [9.17, 15) is 4.79 Å². The van der Waals surface area contributed by atoms with Crippen LogP contribution in [0.5, 0.6) is 5.75 Å². The number of methoxy groups -OCH3 is 1. The number of hydrogen-bond donors (Lipinski definition) is 1. The van der Waals surface area contributed by atoms with Crippen LogP contribution in [0.25, 0.3) is 10.9 Å². The Morgan fingerprint density at radius 2 is 1.76 bits per heavy atom. The second-order valence-electron chi connectivity index (χ2n) is 7.30. The molecule has 29 heavy (non-hydrogen) atoms. The third kappa shape index (κ3) is 4.31. The van der Waals surface area contributed by atoms with Crippen LogP contribution in [0, 0.1) is 0 Å². The molecule has 0 aliphatic carbocycles. The first kappa shape index (κ1) is 19.2. The zero-order valence-electron chi connectivity index (χ0n) is 16.9. The van der Waals surface area contributed by atoms with Crippen molar-refractivity contribution in [3.8, 4) is 5.75 Å². The quantitative estimate of drug-likeness (QED) is 0.653. The van der Waals surface area contributed by atoms with Gasteiger partial charge in [0.25, 0.3) is 0 Å². The number of urea groups is 1. The van der Waals surface area contributed by atoms with Crippen molar-refractivity contribution >= 4 is 22.6 Å². The van der Waals surface area contributed by atoms with Gasteiger partial charge in [-0.25, -0.2) is 4.79 Å². The lowest BCUT2D eigenvalue weighted by atomic mass is 10.2. The van der Waals surface area contributed by atoms with Gasteiger partial charge in [0.1, 0.15) is 5.75 Å². The van der Waals surface area contributed by atoms with E-state index in [-0.39, 0.29) is 6.03 Å². The van der Waals surface area contributed by atoms with E-state index in [2.05, 4.69) is 57.4 Å². The molecule has 1 fully saturated rings. The molecule has 2 aromatic carbocycles. The number of para-hydroxylation sites is 3. The zero-order chi connectivity index (χ0) is 20.1. The van der Waals surface area contributed by atoms with Gasteiger partial charge in [-0.15, -0.1) is 0 Å².